The lowest BCUT2D eigenvalue weighted by Gasteiger charge is -2.09. The molecule has 0 N–H and O–H groups in total. The number of hydrogen-bond donors (Lipinski definition) is 0. The van der Waals surface area contributed by atoms with Crippen molar-refractivity contribution in [3.63, 3.8) is 0 Å². The van der Waals surface area contributed by atoms with Gasteiger partial charge in [0, 0.05) is 32.8 Å². The van der Waals surface area contributed by atoms with Crippen molar-refractivity contribution in [2.75, 3.05) is 0 Å². The zero-order valence-electron chi connectivity index (χ0n) is 10.5. The summed E-state index contributed by atoms with van der Waals surface area (Å²) >= 11 is 6.80. The van der Waals surface area contributed by atoms with E-state index in [-0.39, 0.29) is 5.82 Å². The van der Waals surface area contributed by atoms with Gasteiger partial charge in [0.25, 0.3) is 0 Å². The molecule has 2 aromatic rings. The second-order valence-electron chi connectivity index (χ2n) is 4.17. The van der Waals surface area contributed by atoms with E-state index in [1.807, 2.05) is 6.20 Å². The van der Waals surface area contributed by atoms with Crippen molar-refractivity contribution in [1.82, 2.24) is 9.97 Å². The molecular weight excluding hydrogens is 375 g/mol. The Balaban J connectivity index is 2.47. The highest BCUT2D eigenvalue weighted by Gasteiger charge is 2.10. The van der Waals surface area contributed by atoms with Crippen LogP contribution in [0.5, 0.6) is 0 Å². The first-order chi connectivity index (χ1) is 9.15. The Bertz CT molecular complexity index is 588. The van der Waals surface area contributed by atoms with E-state index in [4.69, 9.17) is 0 Å². The fraction of sp³-hybridized carbons (Fsp3) is 0.286. The predicted molar refractivity (Wildman–Crippen MR) is 81.8 cm³/mol. The highest BCUT2D eigenvalue weighted by atomic mass is 79.9. The van der Waals surface area contributed by atoms with Crippen LogP contribution in [0.3, 0.4) is 0 Å². The molecule has 100 valence electrons. The van der Waals surface area contributed by atoms with Gasteiger partial charge in [0.05, 0.1) is 0 Å². The van der Waals surface area contributed by atoms with Crippen molar-refractivity contribution in [1.29, 1.82) is 0 Å². The van der Waals surface area contributed by atoms with Crippen LogP contribution >= 0.6 is 31.9 Å². The first-order valence-electron chi connectivity index (χ1n) is 6.02. The number of aryl methyl sites for hydroxylation is 1. The Morgan fingerprint density at radius 3 is 2.74 bits per heavy atom. The third kappa shape index (κ3) is 3.39. The van der Waals surface area contributed by atoms with E-state index in [0.29, 0.717) is 10.3 Å². The Morgan fingerprint density at radius 2 is 2.11 bits per heavy atom. The molecule has 0 saturated carbocycles. The summed E-state index contributed by atoms with van der Waals surface area (Å²) in [5.74, 6) is 0.349. The smallest absolute Gasteiger partial charge is 0.160 e. The zero-order valence-corrected chi connectivity index (χ0v) is 13.6. The molecule has 0 atom stereocenters. The van der Waals surface area contributed by atoms with E-state index in [1.165, 1.54) is 12.1 Å². The number of benzene rings is 1. The minimum Gasteiger partial charge on any atom is -0.236 e. The molecule has 1 aromatic heterocycles. The lowest BCUT2D eigenvalue weighted by Crippen LogP contribution is -2.01. The van der Waals surface area contributed by atoms with Crippen LogP contribution in [0, 0.1) is 5.82 Å². The molecule has 0 aliphatic carbocycles. The van der Waals surface area contributed by atoms with Crippen molar-refractivity contribution in [3.05, 3.63) is 45.9 Å². The van der Waals surface area contributed by atoms with Gasteiger partial charge >= 0.3 is 0 Å². The molecule has 2 nitrogen and oxygen atoms in total. The highest BCUT2D eigenvalue weighted by molar-refractivity contribution is 9.10. The van der Waals surface area contributed by atoms with Crippen LogP contribution in [0.1, 0.15) is 24.6 Å². The van der Waals surface area contributed by atoms with E-state index >= 15 is 0 Å². The van der Waals surface area contributed by atoms with E-state index < -0.39 is 0 Å². The third-order valence-electron chi connectivity index (χ3n) is 2.76. The summed E-state index contributed by atoms with van der Waals surface area (Å²) in [5.41, 5.74) is 2.95. The number of halogens is 3. The Labute approximate surface area is 128 Å². The topological polar surface area (TPSA) is 25.8 Å². The van der Waals surface area contributed by atoms with Crippen molar-refractivity contribution in [3.8, 4) is 11.4 Å². The first kappa shape index (κ1) is 14.6. The molecule has 0 amide bonds. The van der Waals surface area contributed by atoms with Crippen molar-refractivity contribution in [2.45, 2.75) is 25.1 Å². The molecule has 0 unspecified atom stereocenters. The molecule has 1 aromatic carbocycles. The van der Waals surface area contributed by atoms with E-state index in [0.717, 1.165) is 35.0 Å². The predicted octanol–water partition coefficient (Wildman–Crippen LogP) is 4.89. The molecule has 5 heteroatoms. The summed E-state index contributed by atoms with van der Waals surface area (Å²) in [6.07, 6.45) is 3.77. The van der Waals surface area contributed by atoms with Gasteiger partial charge in [-0.2, -0.15) is 0 Å². The normalized spacial score (nSPS) is 10.7. The SMILES string of the molecule is CCCc1nc(-c2ccc(F)cc2Br)ncc1CBr. The van der Waals surface area contributed by atoms with E-state index in [1.54, 1.807) is 6.07 Å². The molecule has 0 spiro atoms. The lowest BCUT2D eigenvalue weighted by atomic mass is 10.1. The highest BCUT2D eigenvalue weighted by Crippen LogP contribution is 2.27. The van der Waals surface area contributed by atoms with Crippen molar-refractivity contribution in [2.24, 2.45) is 0 Å². The summed E-state index contributed by atoms with van der Waals surface area (Å²) in [6.45, 7) is 2.12. The number of hydrogen-bond acceptors (Lipinski definition) is 2. The minimum absolute atomic E-state index is 0.276. The molecule has 0 radical (unpaired) electrons. The summed E-state index contributed by atoms with van der Waals surface area (Å²) in [5, 5.41) is 0.743. The van der Waals surface area contributed by atoms with Gasteiger partial charge in [0.1, 0.15) is 5.82 Å². The van der Waals surface area contributed by atoms with Crippen LogP contribution in [-0.2, 0) is 11.8 Å². The van der Waals surface area contributed by atoms with Crippen molar-refractivity contribution >= 4 is 31.9 Å². The maximum atomic E-state index is 13.1. The van der Waals surface area contributed by atoms with E-state index in [2.05, 4.69) is 48.8 Å². The van der Waals surface area contributed by atoms with Crippen LogP contribution in [0.4, 0.5) is 4.39 Å². The largest absolute Gasteiger partial charge is 0.236 e. The van der Waals surface area contributed by atoms with Gasteiger partial charge in [-0.1, -0.05) is 29.3 Å². The fourth-order valence-corrected chi connectivity index (χ4v) is 2.80. The standard InChI is InChI=1S/C14H13Br2FN2/c1-2-3-13-9(7-15)8-18-14(19-13)11-5-4-10(17)6-12(11)16/h4-6,8H,2-3,7H2,1H3. The zero-order chi connectivity index (χ0) is 13.8. The van der Waals surface area contributed by atoms with Gasteiger partial charge in [-0.3, -0.25) is 0 Å². The van der Waals surface area contributed by atoms with Gasteiger partial charge in [-0.25, -0.2) is 14.4 Å². The van der Waals surface area contributed by atoms with Gasteiger partial charge in [-0.05, 0) is 40.5 Å². The summed E-state index contributed by atoms with van der Waals surface area (Å²) in [7, 11) is 0. The molecule has 0 fully saturated rings. The van der Waals surface area contributed by atoms with Crippen LogP contribution in [-0.4, -0.2) is 9.97 Å². The van der Waals surface area contributed by atoms with Crippen LogP contribution in [0.15, 0.2) is 28.9 Å². The molecular formula is C14H13Br2FN2. The summed E-state index contributed by atoms with van der Waals surface area (Å²) < 4.78 is 13.8. The minimum atomic E-state index is -0.276. The summed E-state index contributed by atoms with van der Waals surface area (Å²) in [4.78, 5) is 8.96. The number of nitrogens with zero attached hydrogens (tertiary/aromatic N) is 2. The second-order valence-corrected chi connectivity index (χ2v) is 5.59. The van der Waals surface area contributed by atoms with Crippen molar-refractivity contribution < 1.29 is 4.39 Å². The van der Waals surface area contributed by atoms with Gasteiger partial charge in [-0.15, -0.1) is 0 Å². The molecule has 0 bridgehead atoms. The number of alkyl halides is 1. The Hall–Kier alpha value is -0.810. The first-order valence-corrected chi connectivity index (χ1v) is 7.93. The molecule has 19 heavy (non-hydrogen) atoms. The summed E-state index contributed by atoms with van der Waals surface area (Å²) in [6, 6.07) is 4.54. The average Bonchev–Trinajstić information content (AvgIpc) is 2.39. The average molecular weight is 388 g/mol. The molecule has 0 aliphatic rings. The molecule has 0 saturated heterocycles. The Morgan fingerprint density at radius 1 is 1.32 bits per heavy atom. The van der Waals surface area contributed by atoms with Crippen LogP contribution in [0.2, 0.25) is 0 Å². The monoisotopic (exact) mass is 386 g/mol. The maximum Gasteiger partial charge on any atom is 0.160 e. The van der Waals surface area contributed by atoms with Crippen LogP contribution in [0.25, 0.3) is 11.4 Å². The fourth-order valence-electron chi connectivity index (χ4n) is 1.81. The lowest BCUT2D eigenvalue weighted by molar-refractivity contribution is 0.627. The van der Waals surface area contributed by atoms with Gasteiger partial charge in [0.15, 0.2) is 5.82 Å². The molecule has 2 rings (SSSR count). The maximum absolute atomic E-state index is 13.1. The van der Waals surface area contributed by atoms with Gasteiger partial charge < -0.3 is 0 Å². The number of rotatable bonds is 4. The number of aromatic nitrogens is 2. The van der Waals surface area contributed by atoms with Gasteiger partial charge in [0.2, 0.25) is 0 Å². The molecule has 1 heterocycles. The van der Waals surface area contributed by atoms with E-state index in [9.17, 15) is 4.39 Å². The second kappa shape index (κ2) is 6.57. The quantitative estimate of drug-likeness (QED) is 0.697. The molecule has 0 aliphatic heterocycles. The third-order valence-corrected chi connectivity index (χ3v) is 4.02. The Kier molecular flexibility index (Phi) is 5.05. The van der Waals surface area contributed by atoms with Crippen LogP contribution < -0.4 is 0 Å².